The van der Waals surface area contributed by atoms with Crippen LogP contribution in [0.5, 0.6) is 0 Å². The normalized spacial score (nSPS) is 16.9. The molecule has 0 unspecified atom stereocenters. The lowest BCUT2D eigenvalue weighted by molar-refractivity contribution is -0.139. The average Bonchev–Trinajstić information content (AvgIpc) is 3.24. The molecule has 1 amide bonds. The van der Waals surface area contributed by atoms with Gasteiger partial charge >= 0.3 is 11.9 Å². The summed E-state index contributed by atoms with van der Waals surface area (Å²) in [7, 11) is -4.40. The molecule has 3 rings (SSSR count). The number of carbonyl (C=O) groups excluding carboxylic acids is 1. The van der Waals surface area contributed by atoms with Crippen LogP contribution in [0.25, 0.3) is 10.9 Å². The lowest BCUT2D eigenvalue weighted by atomic mass is 9.97. The number of alkyl halides is 3. The Hall–Kier alpha value is -2.67. The summed E-state index contributed by atoms with van der Waals surface area (Å²) in [6, 6.07) is 1.64. The van der Waals surface area contributed by atoms with Gasteiger partial charge < -0.3 is 9.72 Å². The highest BCUT2D eigenvalue weighted by atomic mass is 32.2. The molecular weight excluding hydrogens is 467 g/mol. The summed E-state index contributed by atoms with van der Waals surface area (Å²) >= 11 is 0. The number of amides is 1. The van der Waals surface area contributed by atoms with Crippen molar-refractivity contribution in [1.82, 2.24) is 14.3 Å². The third kappa shape index (κ3) is 5.82. The zero-order valence-corrected chi connectivity index (χ0v) is 18.6. The van der Waals surface area contributed by atoms with E-state index in [4.69, 9.17) is 4.74 Å². The first kappa shape index (κ1) is 25.0. The van der Waals surface area contributed by atoms with Crippen molar-refractivity contribution in [1.29, 1.82) is 0 Å². The number of hydrogen-bond donors (Lipinski definition) is 2. The van der Waals surface area contributed by atoms with Crippen LogP contribution < -0.4 is 16.0 Å². The first-order valence-electron chi connectivity index (χ1n) is 10.5. The van der Waals surface area contributed by atoms with Crippen molar-refractivity contribution < 1.29 is 31.1 Å². The predicted molar refractivity (Wildman–Crippen MR) is 113 cm³/mol. The Balaban J connectivity index is 2.01. The number of rotatable bonds is 8. The number of carbonyl (C=O) groups is 1. The second kappa shape index (κ2) is 9.67. The van der Waals surface area contributed by atoms with Gasteiger partial charge in [0, 0.05) is 13.0 Å². The summed E-state index contributed by atoms with van der Waals surface area (Å²) < 4.78 is 73.0. The molecule has 2 N–H and O–H groups in total. The molecule has 0 spiro atoms. The van der Waals surface area contributed by atoms with Gasteiger partial charge in [-0.15, -0.1) is 0 Å². The van der Waals surface area contributed by atoms with Crippen molar-refractivity contribution >= 4 is 26.8 Å². The standard InChI is InChI=1S/C20H24F3N3O6S/c1-2-3-4-7-17(27)25-33(30,31)11-26-18(28)13-9-12(16-6-5-8-32-16)14(20(21,22)23)10-15(13)24-19(26)29/h9-10,16H,2-8,11H2,1H3,(H,24,29)(H,25,27)/t16-/m1/s1. The van der Waals surface area contributed by atoms with Crippen molar-refractivity contribution in [3.05, 3.63) is 44.1 Å². The Morgan fingerprint density at radius 2 is 2.00 bits per heavy atom. The molecule has 1 aliphatic heterocycles. The third-order valence-corrected chi connectivity index (χ3v) is 6.45. The maximum absolute atomic E-state index is 13.6. The van der Waals surface area contributed by atoms with Crippen LogP contribution in [-0.2, 0) is 31.6 Å². The maximum atomic E-state index is 13.6. The van der Waals surface area contributed by atoms with Gasteiger partial charge in [-0.05, 0) is 37.0 Å². The van der Waals surface area contributed by atoms with Crippen LogP contribution in [0, 0.1) is 0 Å². The van der Waals surface area contributed by atoms with Crippen LogP contribution in [0.3, 0.4) is 0 Å². The highest BCUT2D eigenvalue weighted by molar-refractivity contribution is 7.89. The van der Waals surface area contributed by atoms with Crippen LogP contribution in [-0.4, -0.2) is 30.5 Å². The van der Waals surface area contributed by atoms with Crippen LogP contribution in [0.1, 0.15) is 62.7 Å². The van der Waals surface area contributed by atoms with E-state index < -0.39 is 50.9 Å². The summed E-state index contributed by atoms with van der Waals surface area (Å²) in [6.45, 7) is 2.18. The molecule has 2 aromatic rings. The molecule has 9 nitrogen and oxygen atoms in total. The van der Waals surface area contributed by atoms with E-state index in [1.54, 1.807) is 4.72 Å². The predicted octanol–water partition coefficient (Wildman–Crippen LogP) is 2.54. The molecule has 13 heteroatoms. The number of H-pyrrole nitrogens is 1. The van der Waals surface area contributed by atoms with Gasteiger partial charge in [0.05, 0.1) is 22.6 Å². The minimum atomic E-state index is -4.76. The molecule has 1 aromatic carbocycles. The number of sulfonamides is 1. The Morgan fingerprint density at radius 3 is 2.61 bits per heavy atom. The maximum Gasteiger partial charge on any atom is 0.416 e. The number of nitrogens with zero attached hydrogens (tertiary/aromatic N) is 1. The zero-order chi connectivity index (χ0) is 24.4. The average molecular weight is 491 g/mol. The minimum absolute atomic E-state index is 0.0407. The molecule has 0 radical (unpaired) electrons. The Bertz CT molecular complexity index is 1260. The monoisotopic (exact) mass is 491 g/mol. The molecule has 1 aromatic heterocycles. The van der Waals surface area contributed by atoms with Crippen LogP contribution in [0.2, 0.25) is 0 Å². The zero-order valence-electron chi connectivity index (χ0n) is 17.8. The molecule has 1 aliphatic rings. The largest absolute Gasteiger partial charge is 0.416 e. The SMILES string of the molecule is CCCCCC(=O)NS(=O)(=O)Cn1c(=O)[nH]c2cc(C(F)(F)F)c([C@H]3CCCO3)cc2c1=O. The number of aromatic nitrogens is 2. The summed E-state index contributed by atoms with van der Waals surface area (Å²) in [4.78, 5) is 39.2. The number of benzene rings is 1. The molecule has 1 fully saturated rings. The number of fused-ring (bicyclic) bond motifs is 1. The molecule has 1 atom stereocenters. The van der Waals surface area contributed by atoms with Crippen molar-refractivity contribution in [2.24, 2.45) is 0 Å². The number of hydrogen-bond acceptors (Lipinski definition) is 6. The second-order valence-electron chi connectivity index (χ2n) is 7.87. The van der Waals surface area contributed by atoms with Gasteiger partial charge in [-0.2, -0.15) is 13.2 Å². The number of halogens is 3. The lowest BCUT2D eigenvalue weighted by Crippen LogP contribution is -2.42. The summed E-state index contributed by atoms with van der Waals surface area (Å²) in [6.07, 6.45) is -2.78. The third-order valence-electron chi connectivity index (χ3n) is 5.31. The topological polar surface area (TPSA) is 127 Å². The Kier molecular flexibility index (Phi) is 7.32. The quantitative estimate of drug-likeness (QED) is 0.547. The van der Waals surface area contributed by atoms with Crippen LogP contribution in [0.15, 0.2) is 21.7 Å². The molecule has 0 aliphatic carbocycles. The fourth-order valence-electron chi connectivity index (χ4n) is 3.73. The second-order valence-corrected chi connectivity index (χ2v) is 9.57. The van der Waals surface area contributed by atoms with E-state index in [2.05, 4.69) is 4.98 Å². The smallest absolute Gasteiger partial charge is 0.374 e. The van der Waals surface area contributed by atoms with E-state index in [1.807, 2.05) is 6.92 Å². The van der Waals surface area contributed by atoms with E-state index in [9.17, 15) is 36.0 Å². The summed E-state index contributed by atoms with van der Waals surface area (Å²) in [5.74, 6) is -1.93. The van der Waals surface area contributed by atoms with Gasteiger partial charge in [0.15, 0.2) is 5.88 Å². The fraction of sp³-hybridized carbons (Fsp3) is 0.550. The van der Waals surface area contributed by atoms with Crippen molar-refractivity contribution in [3.8, 4) is 0 Å². The molecule has 2 heterocycles. The van der Waals surface area contributed by atoms with E-state index in [1.165, 1.54) is 0 Å². The molecule has 0 bridgehead atoms. The first-order valence-corrected chi connectivity index (χ1v) is 12.1. The fourth-order valence-corrected chi connectivity index (χ4v) is 4.82. The number of unbranched alkanes of at least 4 members (excludes halogenated alkanes) is 2. The Labute approximate surface area is 187 Å². The van der Waals surface area contributed by atoms with Crippen LogP contribution in [0.4, 0.5) is 13.2 Å². The summed E-state index contributed by atoms with van der Waals surface area (Å²) in [5.41, 5.74) is -3.98. The van der Waals surface area contributed by atoms with Crippen molar-refractivity contribution in [2.45, 2.75) is 63.6 Å². The summed E-state index contributed by atoms with van der Waals surface area (Å²) in [5, 5.41) is -0.294. The van der Waals surface area contributed by atoms with Gasteiger partial charge in [0.1, 0.15) is 0 Å². The van der Waals surface area contributed by atoms with E-state index in [-0.39, 0.29) is 29.5 Å². The van der Waals surface area contributed by atoms with Gasteiger partial charge in [-0.25, -0.2) is 17.8 Å². The van der Waals surface area contributed by atoms with Gasteiger partial charge in [-0.3, -0.25) is 14.3 Å². The number of aromatic amines is 1. The van der Waals surface area contributed by atoms with Crippen molar-refractivity contribution in [2.75, 3.05) is 6.61 Å². The lowest BCUT2D eigenvalue weighted by Gasteiger charge is -2.18. The van der Waals surface area contributed by atoms with Gasteiger partial charge in [0.25, 0.3) is 15.6 Å². The highest BCUT2D eigenvalue weighted by Crippen LogP contribution is 2.40. The van der Waals surface area contributed by atoms with Crippen LogP contribution >= 0.6 is 0 Å². The Morgan fingerprint density at radius 1 is 1.27 bits per heavy atom. The van der Waals surface area contributed by atoms with Gasteiger partial charge in [-0.1, -0.05) is 19.8 Å². The number of ether oxygens (including phenoxy) is 1. The molecule has 182 valence electrons. The van der Waals surface area contributed by atoms with E-state index in [0.29, 0.717) is 29.9 Å². The molecule has 0 saturated carbocycles. The van der Waals surface area contributed by atoms with E-state index >= 15 is 0 Å². The van der Waals surface area contributed by atoms with E-state index in [0.717, 1.165) is 18.9 Å². The molecule has 1 saturated heterocycles. The minimum Gasteiger partial charge on any atom is -0.374 e. The highest BCUT2D eigenvalue weighted by Gasteiger charge is 2.37. The first-order chi connectivity index (χ1) is 15.4. The number of nitrogens with one attached hydrogen (secondary N) is 2. The molecule has 33 heavy (non-hydrogen) atoms. The molecular formula is C20H24F3N3O6S. The van der Waals surface area contributed by atoms with Crippen molar-refractivity contribution in [3.63, 3.8) is 0 Å². The van der Waals surface area contributed by atoms with Gasteiger partial charge in [0.2, 0.25) is 5.91 Å².